The van der Waals surface area contributed by atoms with E-state index in [1.165, 1.54) is 6.42 Å². The van der Waals surface area contributed by atoms with Crippen molar-refractivity contribution in [3.8, 4) is 11.3 Å². The monoisotopic (exact) mass is 425 g/mol. The number of carbonyl (C=O) groups excluding carboxylic acids is 1. The molecular formula is C25H35N3O3. The number of carbonyl (C=O) groups is 1. The van der Waals surface area contributed by atoms with Crippen molar-refractivity contribution in [2.75, 3.05) is 31.7 Å². The number of amides is 1. The molecule has 1 aromatic heterocycles. The predicted molar refractivity (Wildman–Crippen MR) is 122 cm³/mol. The minimum Gasteiger partial charge on any atom is -0.383 e. The van der Waals surface area contributed by atoms with Crippen LogP contribution in [0.15, 0.2) is 34.9 Å². The zero-order chi connectivity index (χ0) is 21.6. The molecule has 31 heavy (non-hydrogen) atoms. The molecule has 1 aliphatic carbocycles. The molecule has 1 saturated carbocycles. The van der Waals surface area contributed by atoms with Crippen molar-refractivity contribution in [2.24, 2.45) is 5.92 Å². The first kappa shape index (κ1) is 21.9. The topological polar surface area (TPSA) is 58.8 Å². The molecule has 1 saturated heterocycles. The van der Waals surface area contributed by atoms with Crippen molar-refractivity contribution in [3.63, 3.8) is 0 Å². The first-order valence-electron chi connectivity index (χ1n) is 11.8. The van der Waals surface area contributed by atoms with E-state index in [0.717, 1.165) is 67.8 Å². The molecular weight excluding hydrogens is 390 g/mol. The largest absolute Gasteiger partial charge is 0.383 e. The van der Waals surface area contributed by atoms with Crippen LogP contribution >= 0.6 is 0 Å². The van der Waals surface area contributed by atoms with E-state index in [9.17, 15) is 4.79 Å². The third-order valence-corrected chi connectivity index (χ3v) is 6.81. The molecule has 0 radical (unpaired) electrons. The van der Waals surface area contributed by atoms with Gasteiger partial charge in [-0.15, -0.1) is 0 Å². The highest BCUT2D eigenvalue weighted by Crippen LogP contribution is 2.36. The molecule has 2 heterocycles. The van der Waals surface area contributed by atoms with Gasteiger partial charge in [0.25, 0.3) is 0 Å². The van der Waals surface area contributed by atoms with Crippen LogP contribution in [0.5, 0.6) is 0 Å². The molecule has 6 nitrogen and oxygen atoms in total. The highest BCUT2D eigenvalue weighted by atomic mass is 16.5. The van der Waals surface area contributed by atoms with Gasteiger partial charge in [-0.25, -0.2) is 0 Å². The van der Waals surface area contributed by atoms with Crippen molar-refractivity contribution >= 4 is 11.8 Å². The van der Waals surface area contributed by atoms with Gasteiger partial charge >= 0.3 is 0 Å². The van der Waals surface area contributed by atoms with Crippen LogP contribution < -0.4 is 4.90 Å². The van der Waals surface area contributed by atoms with Crippen LogP contribution in [0, 0.1) is 5.92 Å². The first-order chi connectivity index (χ1) is 15.2. The van der Waals surface area contributed by atoms with Crippen molar-refractivity contribution in [1.29, 1.82) is 0 Å². The summed E-state index contributed by atoms with van der Waals surface area (Å²) in [6.45, 7) is 4.83. The lowest BCUT2D eigenvalue weighted by molar-refractivity contribution is -0.136. The van der Waals surface area contributed by atoms with Gasteiger partial charge in [-0.2, -0.15) is 0 Å². The number of ether oxygens (including phenoxy) is 1. The SMILES string of the molecule is COCCN(Cc1c(-c2ccccc2)noc1N1CCCC[C@H]1C)C(=O)C1CCCC1. The van der Waals surface area contributed by atoms with Crippen molar-refractivity contribution < 1.29 is 14.1 Å². The number of rotatable bonds is 8. The van der Waals surface area contributed by atoms with Gasteiger partial charge in [0.15, 0.2) is 0 Å². The Morgan fingerprint density at radius 2 is 1.90 bits per heavy atom. The third-order valence-electron chi connectivity index (χ3n) is 6.81. The summed E-state index contributed by atoms with van der Waals surface area (Å²) < 4.78 is 11.3. The third kappa shape index (κ3) is 4.95. The van der Waals surface area contributed by atoms with E-state index < -0.39 is 0 Å². The Bertz CT molecular complexity index is 845. The summed E-state index contributed by atoms with van der Waals surface area (Å²) in [6, 6.07) is 10.6. The summed E-state index contributed by atoms with van der Waals surface area (Å²) in [4.78, 5) is 17.7. The molecule has 4 rings (SSSR count). The minimum absolute atomic E-state index is 0.134. The summed E-state index contributed by atoms with van der Waals surface area (Å²) in [5, 5.41) is 4.50. The zero-order valence-corrected chi connectivity index (χ0v) is 18.9. The summed E-state index contributed by atoms with van der Waals surface area (Å²) in [7, 11) is 1.69. The summed E-state index contributed by atoms with van der Waals surface area (Å²) in [5.41, 5.74) is 2.88. The number of methoxy groups -OCH3 is 1. The lowest BCUT2D eigenvalue weighted by Gasteiger charge is -2.34. The Morgan fingerprint density at radius 1 is 1.16 bits per heavy atom. The van der Waals surface area contributed by atoms with Gasteiger partial charge in [0.1, 0.15) is 5.69 Å². The van der Waals surface area contributed by atoms with E-state index in [4.69, 9.17) is 9.26 Å². The Labute approximate surface area is 185 Å². The van der Waals surface area contributed by atoms with Crippen LogP contribution in [0.4, 0.5) is 5.88 Å². The molecule has 1 aliphatic heterocycles. The molecule has 0 spiro atoms. The Kier molecular flexibility index (Phi) is 7.28. The first-order valence-corrected chi connectivity index (χ1v) is 11.8. The van der Waals surface area contributed by atoms with Crippen LogP contribution in [0.25, 0.3) is 11.3 Å². The summed E-state index contributed by atoms with van der Waals surface area (Å²) in [6.07, 6.45) is 7.82. The molecule has 1 atom stereocenters. The fourth-order valence-corrected chi connectivity index (χ4v) is 4.98. The molecule has 0 N–H and O–H groups in total. The molecule has 2 aromatic rings. The minimum atomic E-state index is 0.134. The van der Waals surface area contributed by atoms with Crippen LogP contribution in [0.3, 0.4) is 0 Å². The highest BCUT2D eigenvalue weighted by molar-refractivity contribution is 5.80. The lowest BCUT2D eigenvalue weighted by atomic mass is 10.0. The van der Waals surface area contributed by atoms with E-state index in [2.05, 4.69) is 29.1 Å². The quantitative estimate of drug-likeness (QED) is 0.603. The van der Waals surface area contributed by atoms with Crippen molar-refractivity contribution in [2.45, 2.75) is 64.5 Å². The Morgan fingerprint density at radius 3 is 2.61 bits per heavy atom. The van der Waals surface area contributed by atoms with Gasteiger partial charge in [-0.1, -0.05) is 48.3 Å². The predicted octanol–water partition coefficient (Wildman–Crippen LogP) is 4.89. The number of hydrogen-bond acceptors (Lipinski definition) is 5. The van der Waals surface area contributed by atoms with E-state index in [1.807, 2.05) is 23.1 Å². The van der Waals surface area contributed by atoms with Crippen LogP contribution in [-0.4, -0.2) is 48.8 Å². The van der Waals surface area contributed by atoms with Crippen molar-refractivity contribution in [3.05, 3.63) is 35.9 Å². The number of aromatic nitrogens is 1. The van der Waals surface area contributed by atoms with Gasteiger partial charge in [-0.3, -0.25) is 4.79 Å². The summed E-state index contributed by atoms with van der Waals surface area (Å²) >= 11 is 0. The smallest absolute Gasteiger partial charge is 0.233 e. The molecule has 1 aromatic carbocycles. The van der Waals surface area contributed by atoms with Crippen molar-refractivity contribution in [1.82, 2.24) is 10.1 Å². The van der Waals surface area contributed by atoms with Gasteiger partial charge in [0, 0.05) is 37.7 Å². The van der Waals surface area contributed by atoms with Gasteiger partial charge < -0.3 is 19.1 Å². The second-order valence-corrected chi connectivity index (χ2v) is 8.95. The van der Waals surface area contributed by atoms with Gasteiger partial charge in [0.05, 0.1) is 18.7 Å². The van der Waals surface area contributed by atoms with E-state index in [0.29, 0.717) is 25.7 Å². The maximum absolute atomic E-state index is 13.4. The molecule has 168 valence electrons. The molecule has 1 amide bonds. The zero-order valence-electron chi connectivity index (χ0n) is 18.9. The highest BCUT2D eigenvalue weighted by Gasteiger charge is 2.32. The lowest BCUT2D eigenvalue weighted by Crippen LogP contribution is -2.40. The van der Waals surface area contributed by atoms with Crippen LogP contribution in [-0.2, 0) is 16.1 Å². The van der Waals surface area contributed by atoms with E-state index in [-0.39, 0.29) is 11.8 Å². The fourth-order valence-electron chi connectivity index (χ4n) is 4.98. The molecule has 2 fully saturated rings. The number of benzene rings is 1. The molecule has 6 heteroatoms. The maximum Gasteiger partial charge on any atom is 0.233 e. The average Bonchev–Trinajstić information content (AvgIpc) is 3.47. The van der Waals surface area contributed by atoms with Gasteiger partial charge in [-0.05, 0) is 39.0 Å². The van der Waals surface area contributed by atoms with Crippen LogP contribution in [0.2, 0.25) is 0 Å². The van der Waals surface area contributed by atoms with Crippen LogP contribution in [0.1, 0.15) is 57.4 Å². The molecule has 2 aliphatic rings. The standard InChI is InChI=1S/C25H35N3O3/c1-19-10-8-9-15-28(19)25-22(23(26-31-25)20-11-4-3-5-12-20)18-27(16-17-30-2)24(29)21-13-6-7-14-21/h3-5,11-12,19,21H,6-10,13-18H2,1-2H3/t19-/m1/s1. The summed E-state index contributed by atoms with van der Waals surface area (Å²) in [5.74, 6) is 1.20. The number of hydrogen-bond donors (Lipinski definition) is 0. The molecule has 0 unspecified atom stereocenters. The number of piperidine rings is 1. The number of anilines is 1. The van der Waals surface area contributed by atoms with E-state index in [1.54, 1.807) is 7.11 Å². The Balaban J connectivity index is 1.69. The van der Waals surface area contributed by atoms with Gasteiger partial charge in [0.2, 0.25) is 11.8 Å². The maximum atomic E-state index is 13.4. The Hall–Kier alpha value is -2.34. The number of nitrogens with zero attached hydrogens (tertiary/aromatic N) is 3. The second-order valence-electron chi connectivity index (χ2n) is 8.95. The normalized spacial score (nSPS) is 19.7. The second kappa shape index (κ2) is 10.3. The average molecular weight is 426 g/mol. The fraction of sp³-hybridized carbons (Fsp3) is 0.600. The molecule has 0 bridgehead atoms. The van der Waals surface area contributed by atoms with E-state index >= 15 is 0 Å².